The molecule has 7 heteroatoms. The Kier molecular flexibility index (Phi) is 5.98. The fourth-order valence-electron chi connectivity index (χ4n) is 1.69. The van der Waals surface area contributed by atoms with Crippen molar-refractivity contribution in [2.24, 2.45) is 0 Å². The molecule has 0 unspecified atom stereocenters. The molecule has 1 aromatic carbocycles. The molecule has 0 atom stereocenters. The average Bonchev–Trinajstić information content (AvgIpc) is 2.38. The zero-order valence-electron chi connectivity index (χ0n) is 12.8. The van der Waals surface area contributed by atoms with Crippen LogP contribution in [0.2, 0.25) is 0 Å². The van der Waals surface area contributed by atoms with Gasteiger partial charge in [-0.3, -0.25) is 14.5 Å². The number of amides is 2. The zero-order chi connectivity index (χ0) is 16.0. The van der Waals surface area contributed by atoms with Gasteiger partial charge in [-0.05, 0) is 25.2 Å². The number of nitrogens with two attached hydrogens (primary N) is 1. The van der Waals surface area contributed by atoms with E-state index in [2.05, 4.69) is 5.32 Å². The van der Waals surface area contributed by atoms with Crippen LogP contribution in [0, 0.1) is 0 Å². The molecule has 0 heterocycles. The number of hydrogen-bond acceptors (Lipinski definition) is 5. The summed E-state index contributed by atoms with van der Waals surface area (Å²) in [5.74, 6) is 0.226. The Hall–Kier alpha value is -2.28. The molecule has 0 saturated heterocycles. The number of hydrogen-bond donors (Lipinski definition) is 2. The monoisotopic (exact) mass is 294 g/mol. The van der Waals surface area contributed by atoms with Crippen LogP contribution in [0.5, 0.6) is 5.75 Å². The summed E-state index contributed by atoms with van der Waals surface area (Å²) in [6, 6.07) is 5.00. The quantitative estimate of drug-likeness (QED) is 0.734. The predicted octanol–water partition coefficient (Wildman–Crippen LogP) is 0.236. The van der Waals surface area contributed by atoms with Crippen LogP contribution in [0.1, 0.15) is 0 Å². The Morgan fingerprint density at radius 3 is 2.48 bits per heavy atom. The smallest absolute Gasteiger partial charge is 0.238 e. The Morgan fingerprint density at radius 2 is 1.90 bits per heavy atom. The molecule has 0 fully saturated rings. The van der Waals surface area contributed by atoms with Crippen LogP contribution in [0.3, 0.4) is 0 Å². The van der Waals surface area contributed by atoms with E-state index in [1.165, 1.54) is 12.0 Å². The number of nitrogens with zero attached hydrogens (tertiary/aromatic N) is 2. The topological polar surface area (TPSA) is 87.9 Å². The highest BCUT2D eigenvalue weighted by molar-refractivity contribution is 5.94. The SMILES string of the molecule is COc1ccc(N)cc1NC(=O)CN(C)CC(=O)N(C)C. The van der Waals surface area contributed by atoms with Gasteiger partial charge in [-0.15, -0.1) is 0 Å². The summed E-state index contributed by atoms with van der Waals surface area (Å²) in [6.07, 6.45) is 0. The van der Waals surface area contributed by atoms with Gasteiger partial charge in [0.2, 0.25) is 11.8 Å². The Labute approximate surface area is 124 Å². The number of nitrogens with one attached hydrogen (secondary N) is 1. The van der Waals surface area contributed by atoms with E-state index in [1.54, 1.807) is 44.2 Å². The highest BCUT2D eigenvalue weighted by atomic mass is 16.5. The first-order valence-electron chi connectivity index (χ1n) is 6.45. The molecule has 0 radical (unpaired) electrons. The van der Waals surface area contributed by atoms with Gasteiger partial charge >= 0.3 is 0 Å². The fraction of sp³-hybridized carbons (Fsp3) is 0.429. The van der Waals surface area contributed by atoms with Crippen LogP contribution >= 0.6 is 0 Å². The zero-order valence-corrected chi connectivity index (χ0v) is 12.8. The van der Waals surface area contributed by atoms with Gasteiger partial charge < -0.3 is 20.7 Å². The van der Waals surface area contributed by atoms with Gasteiger partial charge in [0.05, 0.1) is 25.9 Å². The molecule has 0 spiro atoms. The minimum absolute atomic E-state index is 0.0631. The molecular formula is C14H22N4O3. The van der Waals surface area contributed by atoms with Crippen LogP contribution in [0.25, 0.3) is 0 Å². The largest absolute Gasteiger partial charge is 0.495 e. The maximum Gasteiger partial charge on any atom is 0.238 e. The van der Waals surface area contributed by atoms with Crippen molar-refractivity contribution in [2.75, 3.05) is 52.4 Å². The normalized spacial score (nSPS) is 10.3. The molecule has 1 rings (SSSR count). The van der Waals surface area contributed by atoms with E-state index in [0.717, 1.165) is 0 Å². The number of carbonyl (C=O) groups excluding carboxylic acids is 2. The first-order chi connectivity index (χ1) is 9.83. The molecule has 0 aliphatic carbocycles. The van der Waals surface area contributed by atoms with Gasteiger partial charge in [-0.2, -0.15) is 0 Å². The van der Waals surface area contributed by atoms with E-state index < -0.39 is 0 Å². The third-order valence-electron chi connectivity index (χ3n) is 2.82. The van der Waals surface area contributed by atoms with Crippen LogP contribution in [-0.4, -0.2) is 63.0 Å². The number of likely N-dealkylation sites (N-methyl/N-ethyl adjacent to an activating group) is 2. The minimum atomic E-state index is -0.243. The van der Waals surface area contributed by atoms with Crippen molar-refractivity contribution in [3.63, 3.8) is 0 Å². The summed E-state index contributed by atoms with van der Waals surface area (Å²) in [4.78, 5) is 26.7. The summed E-state index contributed by atoms with van der Waals surface area (Å²) in [7, 11) is 6.57. The van der Waals surface area contributed by atoms with Crippen molar-refractivity contribution < 1.29 is 14.3 Å². The van der Waals surface area contributed by atoms with Gasteiger partial charge in [0, 0.05) is 19.8 Å². The fourth-order valence-corrected chi connectivity index (χ4v) is 1.69. The number of nitrogen functional groups attached to an aromatic ring is 1. The Morgan fingerprint density at radius 1 is 1.24 bits per heavy atom. The number of carbonyl (C=O) groups is 2. The summed E-state index contributed by atoms with van der Waals surface area (Å²) in [6.45, 7) is 0.270. The lowest BCUT2D eigenvalue weighted by atomic mass is 10.2. The number of rotatable bonds is 6. The average molecular weight is 294 g/mol. The van der Waals surface area contributed by atoms with Gasteiger partial charge in [0.15, 0.2) is 0 Å². The molecule has 0 bridgehead atoms. The van der Waals surface area contributed by atoms with Crippen molar-refractivity contribution in [3.05, 3.63) is 18.2 Å². The molecule has 21 heavy (non-hydrogen) atoms. The van der Waals surface area contributed by atoms with Crippen LogP contribution in [0.15, 0.2) is 18.2 Å². The first kappa shape index (κ1) is 16.8. The summed E-state index contributed by atoms with van der Waals surface area (Å²) in [5, 5.41) is 2.73. The van der Waals surface area contributed by atoms with E-state index in [1.807, 2.05) is 0 Å². The number of benzene rings is 1. The molecule has 2 amide bonds. The number of anilines is 2. The summed E-state index contributed by atoms with van der Waals surface area (Å²) < 4.78 is 5.16. The molecule has 0 aromatic heterocycles. The maximum atomic E-state index is 12.0. The first-order valence-corrected chi connectivity index (χ1v) is 6.45. The molecule has 3 N–H and O–H groups in total. The van der Waals surface area contributed by atoms with Crippen LogP contribution in [-0.2, 0) is 9.59 Å². The number of ether oxygens (including phenoxy) is 1. The molecule has 0 aliphatic rings. The molecular weight excluding hydrogens is 272 g/mol. The van der Waals surface area contributed by atoms with Gasteiger partial charge in [-0.25, -0.2) is 0 Å². The second-order valence-corrected chi connectivity index (χ2v) is 4.97. The lowest BCUT2D eigenvalue weighted by Gasteiger charge is -2.19. The Bertz CT molecular complexity index is 517. The van der Waals surface area contributed by atoms with Gasteiger partial charge in [0.25, 0.3) is 0 Å². The molecule has 0 saturated carbocycles. The van der Waals surface area contributed by atoms with Crippen molar-refractivity contribution in [1.82, 2.24) is 9.80 Å². The molecule has 116 valence electrons. The highest BCUT2D eigenvalue weighted by Gasteiger charge is 2.13. The summed E-state index contributed by atoms with van der Waals surface area (Å²) >= 11 is 0. The second kappa shape index (κ2) is 7.49. The second-order valence-electron chi connectivity index (χ2n) is 4.97. The van der Waals surface area contributed by atoms with E-state index in [4.69, 9.17) is 10.5 Å². The van der Waals surface area contributed by atoms with Crippen molar-refractivity contribution in [1.29, 1.82) is 0 Å². The number of methoxy groups -OCH3 is 1. The van der Waals surface area contributed by atoms with E-state index in [0.29, 0.717) is 17.1 Å². The third kappa shape index (κ3) is 5.31. The van der Waals surface area contributed by atoms with E-state index in [-0.39, 0.29) is 24.9 Å². The lowest BCUT2D eigenvalue weighted by molar-refractivity contribution is -0.130. The van der Waals surface area contributed by atoms with E-state index in [9.17, 15) is 9.59 Å². The maximum absolute atomic E-state index is 12.0. The van der Waals surface area contributed by atoms with Crippen molar-refractivity contribution >= 4 is 23.2 Å². The van der Waals surface area contributed by atoms with Gasteiger partial charge in [-0.1, -0.05) is 0 Å². The van der Waals surface area contributed by atoms with E-state index >= 15 is 0 Å². The van der Waals surface area contributed by atoms with Crippen molar-refractivity contribution in [3.8, 4) is 5.75 Å². The lowest BCUT2D eigenvalue weighted by Crippen LogP contribution is -2.38. The standard InChI is InChI=1S/C14H22N4O3/c1-17(2)14(20)9-18(3)8-13(19)16-11-7-10(15)5-6-12(11)21-4/h5-7H,8-9,15H2,1-4H3,(H,16,19). The highest BCUT2D eigenvalue weighted by Crippen LogP contribution is 2.26. The minimum Gasteiger partial charge on any atom is -0.495 e. The Balaban J connectivity index is 2.61. The third-order valence-corrected chi connectivity index (χ3v) is 2.82. The van der Waals surface area contributed by atoms with Crippen LogP contribution < -0.4 is 15.8 Å². The molecule has 0 aliphatic heterocycles. The van der Waals surface area contributed by atoms with Gasteiger partial charge in [0.1, 0.15) is 5.75 Å². The summed E-state index contributed by atoms with van der Waals surface area (Å²) in [5.41, 5.74) is 6.73. The predicted molar refractivity (Wildman–Crippen MR) is 82.2 cm³/mol. The van der Waals surface area contributed by atoms with Crippen LogP contribution in [0.4, 0.5) is 11.4 Å². The van der Waals surface area contributed by atoms with Crippen molar-refractivity contribution in [2.45, 2.75) is 0 Å². The molecule has 7 nitrogen and oxygen atoms in total. The molecule has 1 aromatic rings.